The number of nitrogens with zero attached hydrogens (tertiary/aromatic N) is 7. The van der Waals surface area contributed by atoms with E-state index < -0.39 is 12.8 Å². The number of alkyl halides is 3. The van der Waals surface area contributed by atoms with Gasteiger partial charge in [0.05, 0.1) is 11.6 Å². The average molecular weight is 451 g/mol. The molecule has 3 aromatic rings. The second-order valence-corrected chi connectivity index (χ2v) is 9.42. The lowest BCUT2D eigenvalue weighted by Crippen LogP contribution is -2.42. The average Bonchev–Trinajstić information content (AvgIpc) is 2.98. The molecular weight excluding hydrogens is 431 g/mol. The molecule has 1 aliphatic carbocycles. The molecule has 3 fully saturated rings. The van der Waals surface area contributed by atoms with E-state index in [4.69, 9.17) is 4.74 Å². The van der Waals surface area contributed by atoms with Gasteiger partial charge in [0.25, 0.3) is 0 Å². The fraction of sp³-hybridized carbons (Fsp3) is 0.579. The smallest absolute Gasteiger partial charge is 0.422 e. The Morgan fingerprint density at radius 1 is 1.29 bits per heavy atom. The molecule has 3 aliphatic rings. The van der Waals surface area contributed by atoms with Crippen molar-refractivity contribution in [1.82, 2.24) is 24.0 Å². The number of fused-ring (bicyclic) bond motifs is 1. The van der Waals surface area contributed by atoms with Crippen LogP contribution in [-0.2, 0) is 0 Å². The fourth-order valence-electron chi connectivity index (χ4n) is 5.35. The molecule has 1 saturated carbocycles. The first kappa shape index (κ1) is 19.1. The predicted molar refractivity (Wildman–Crippen MR) is 108 cm³/mol. The Morgan fingerprint density at radius 3 is 2.87 bits per heavy atom. The van der Waals surface area contributed by atoms with Crippen molar-refractivity contribution in [2.45, 2.75) is 44.4 Å². The summed E-state index contributed by atoms with van der Waals surface area (Å²) in [4.78, 5) is 13.7. The molecule has 2 saturated heterocycles. The van der Waals surface area contributed by atoms with Crippen LogP contribution >= 0.6 is 11.5 Å². The number of ether oxygens (including phenoxy) is 1. The second-order valence-electron chi connectivity index (χ2n) is 8.69. The first-order chi connectivity index (χ1) is 14.7. The van der Waals surface area contributed by atoms with Crippen molar-refractivity contribution in [3.63, 3.8) is 0 Å². The van der Waals surface area contributed by atoms with Crippen molar-refractivity contribution in [1.29, 1.82) is 0 Å². The highest BCUT2D eigenvalue weighted by Gasteiger charge is 2.73. The van der Waals surface area contributed by atoms with Crippen LogP contribution in [0.1, 0.15) is 24.2 Å². The summed E-state index contributed by atoms with van der Waals surface area (Å²) in [6.45, 7) is 4.08. The standard InChI is InChI=1S/C19H20F3N7OS/c1-10-5-13(30-9-19(20,21)22)15-24-16(25-28(15)6-10)29-14-12-3-4-18(14,29)8-27(7-12)17-23-11(2)26-31-17/h5-6,12,14H,3-4,7-9H2,1-2H3/t12-,14-,18-,29?/m0/s1. The zero-order valence-corrected chi connectivity index (χ0v) is 17.7. The molecule has 0 radical (unpaired) electrons. The number of hydrogen-bond acceptors (Lipinski definition) is 8. The van der Waals surface area contributed by atoms with E-state index in [9.17, 15) is 13.2 Å². The largest absolute Gasteiger partial charge is 0.480 e. The Kier molecular flexibility index (Phi) is 3.82. The minimum absolute atomic E-state index is 0.0462. The van der Waals surface area contributed by atoms with Gasteiger partial charge in [-0.15, -0.1) is 5.10 Å². The summed E-state index contributed by atoms with van der Waals surface area (Å²) in [7, 11) is 0. The number of rotatable bonds is 4. The van der Waals surface area contributed by atoms with Gasteiger partial charge in [0.15, 0.2) is 18.0 Å². The SMILES string of the molecule is Cc1cc(OCC(F)(F)F)c2nc(N3[C@H]4[C@H]5CC[C@]43CN(c3nc(C)ns3)C5)nn2c1. The van der Waals surface area contributed by atoms with Gasteiger partial charge in [0, 0.05) is 30.8 Å². The first-order valence-electron chi connectivity index (χ1n) is 10.1. The summed E-state index contributed by atoms with van der Waals surface area (Å²) in [6, 6.07) is 1.93. The molecule has 2 aliphatic heterocycles. The van der Waals surface area contributed by atoms with E-state index in [1.807, 2.05) is 6.92 Å². The second kappa shape index (κ2) is 6.21. The molecule has 0 aromatic carbocycles. The summed E-state index contributed by atoms with van der Waals surface area (Å²) < 4.78 is 48.9. The van der Waals surface area contributed by atoms with Crippen molar-refractivity contribution in [3.8, 4) is 5.75 Å². The number of aryl methyl sites for hydroxylation is 2. The van der Waals surface area contributed by atoms with Gasteiger partial charge in [-0.1, -0.05) is 0 Å². The van der Waals surface area contributed by atoms with Crippen LogP contribution in [0.4, 0.5) is 24.3 Å². The normalized spacial score (nSPS) is 27.1. The topological polar surface area (TPSA) is 71.5 Å². The number of pyridine rings is 1. The lowest BCUT2D eigenvalue weighted by molar-refractivity contribution is -0.153. The molecule has 6 rings (SSSR count). The molecule has 8 nitrogen and oxygen atoms in total. The highest BCUT2D eigenvalue weighted by atomic mass is 32.1. The number of anilines is 2. The molecule has 31 heavy (non-hydrogen) atoms. The fourth-order valence-corrected chi connectivity index (χ4v) is 6.03. The maximum absolute atomic E-state index is 12.7. The molecule has 0 spiro atoms. The van der Waals surface area contributed by atoms with E-state index in [0.717, 1.165) is 42.5 Å². The third kappa shape index (κ3) is 2.94. The first-order valence-corrected chi connectivity index (χ1v) is 10.9. The lowest BCUT2D eigenvalue weighted by Gasteiger charge is -2.28. The molecule has 12 heteroatoms. The van der Waals surface area contributed by atoms with Crippen molar-refractivity contribution in [2.24, 2.45) is 5.92 Å². The summed E-state index contributed by atoms with van der Waals surface area (Å²) in [6.07, 6.45) is -0.473. The minimum atomic E-state index is -4.41. The van der Waals surface area contributed by atoms with E-state index in [-0.39, 0.29) is 11.3 Å². The quantitative estimate of drug-likeness (QED) is 0.565. The van der Waals surface area contributed by atoms with Gasteiger partial charge in [-0.05, 0) is 44.2 Å². The van der Waals surface area contributed by atoms with Crippen LogP contribution in [-0.4, -0.2) is 61.4 Å². The number of aromatic nitrogens is 5. The van der Waals surface area contributed by atoms with E-state index in [1.54, 1.807) is 19.2 Å². The van der Waals surface area contributed by atoms with Crippen LogP contribution < -0.4 is 14.5 Å². The molecule has 2 bridgehead atoms. The molecular formula is C19H20F3N7OS. The number of halogens is 3. The van der Waals surface area contributed by atoms with Crippen molar-refractivity contribution >= 4 is 28.3 Å². The summed E-state index contributed by atoms with van der Waals surface area (Å²) in [5.74, 6) is 1.90. The monoisotopic (exact) mass is 451 g/mol. The molecule has 164 valence electrons. The number of hydrogen-bond donors (Lipinski definition) is 0. The summed E-state index contributed by atoms with van der Waals surface area (Å²) in [5, 5.41) is 5.55. The molecule has 0 unspecified atom stereocenters. The maximum atomic E-state index is 12.7. The van der Waals surface area contributed by atoms with Crippen LogP contribution in [0, 0.1) is 19.8 Å². The molecule has 3 aromatic heterocycles. The van der Waals surface area contributed by atoms with E-state index in [0.29, 0.717) is 23.6 Å². The van der Waals surface area contributed by atoms with Crippen LogP contribution in [0.2, 0.25) is 0 Å². The van der Waals surface area contributed by atoms with Gasteiger partial charge in [-0.25, -0.2) is 9.50 Å². The zero-order chi connectivity index (χ0) is 21.5. The van der Waals surface area contributed by atoms with Gasteiger partial charge >= 0.3 is 6.18 Å². The van der Waals surface area contributed by atoms with Gasteiger partial charge in [-0.2, -0.15) is 22.5 Å². The maximum Gasteiger partial charge on any atom is 0.422 e. The highest BCUT2D eigenvalue weighted by Crippen LogP contribution is 2.60. The Hall–Kier alpha value is -2.63. The Balaban J connectivity index is 1.31. The Morgan fingerprint density at radius 2 is 2.13 bits per heavy atom. The summed E-state index contributed by atoms with van der Waals surface area (Å²) in [5.41, 5.74) is 1.01. The van der Waals surface area contributed by atoms with E-state index in [2.05, 4.69) is 29.2 Å². The van der Waals surface area contributed by atoms with Gasteiger partial charge in [0.2, 0.25) is 11.1 Å². The van der Waals surface area contributed by atoms with Crippen molar-refractivity contribution < 1.29 is 17.9 Å². The van der Waals surface area contributed by atoms with Crippen LogP contribution in [0.5, 0.6) is 5.75 Å². The Bertz CT molecular complexity index is 1180. The van der Waals surface area contributed by atoms with Crippen LogP contribution in [0.3, 0.4) is 0 Å². The number of piperidine rings is 2. The van der Waals surface area contributed by atoms with Crippen molar-refractivity contribution in [2.75, 3.05) is 29.5 Å². The van der Waals surface area contributed by atoms with Crippen LogP contribution in [0.25, 0.3) is 5.65 Å². The Labute approximate surface area is 179 Å². The van der Waals surface area contributed by atoms with Crippen molar-refractivity contribution in [3.05, 3.63) is 23.7 Å². The lowest BCUT2D eigenvalue weighted by atomic mass is 9.99. The highest BCUT2D eigenvalue weighted by molar-refractivity contribution is 7.09. The van der Waals surface area contributed by atoms with Crippen LogP contribution in [0.15, 0.2) is 12.3 Å². The molecule has 3 atom stereocenters. The van der Waals surface area contributed by atoms with Gasteiger partial charge in [-0.3, -0.25) is 0 Å². The molecule has 0 N–H and O–H groups in total. The van der Waals surface area contributed by atoms with Gasteiger partial charge in [0.1, 0.15) is 5.82 Å². The molecule has 5 heterocycles. The zero-order valence-electron chi connectivity index (χ0n) is 16.9. The van der Waals surface area contributed by atoms with E-state index in [1.165, 1.54) is 16.0 Å². The minimum Gasteiger partial charge on any atom is -0.480 e. The van der Waals surface area contributed by atoms with Gasteiger partial charge < -0.3 is 14.5 Å². The predicted octanol–water partition coefficient (Wildman–Crippen LogP) is 3.00. The third-order valence-corrected chi connectivity index (χ3v) is 7.34. The molecule has 0 amide bonds. The summed E-state index contributed by atoms with van der Waals surface area (Å²) >= 11 is 1.42. The third-order valence-electron chi connectivity index (χ3n) is 6.47. The van der Waals surface area contributed by atoms with E-state index >= 15 is 0 Å².